The quantitative estimate of drug-likeness (QED) is 0.745. The molecule has 0 saturated heterocycles. The van der Waals surface area contributed by atoms with E-state index in [9.17, 15) is 0 Å². The zero-order valence-electron chi connectivity index (χ0n) is 15.1. The van der Waals surface area contributed by atoms with Gasteiger partial charge in [-0.2, -0.15) is 5.10 Å². The zero-order valence-corrected chi connectivity index (χ0v) is 15.1. The molecule has 1 N–H and O–H groups in total. The van der Waals surface area contributed by atoms with Gasteiger partial charge in [-0.15, -0.1) is 0 Å². The molecule has 0 fully saturated rings. The lowest BCUT2D eigenvalue weighted by Gasteiger charge is -2.31. The van der Waals surface area contributed by atoms with Crippen LogP contribution in [0.25, 0.3) is 11.3 Å². The standard InChI is InChI=1S/C21H23N3O/c1-5-25-19-9-7-6-8-16(19)21-22-20-14(3)10-13(2)11-17(20)18-12-15(4)23-24(18)21/h6-12,21-22H,5H2,1-4H3/t21-/m0/s1. The molecule has 0 radical (unpaired) electrons. The summed E-state index contributed by atoms with van der Waals surface area (Å²) in [4.78, 5) is 0. The van der Waals surface area contributed by atoms with E-state index in [-0.39, 0.29) is 6.17 Å². The maximum atomic E-state index is 5.87. The van der Waals surface area contributed by atoms with Crippen molar-refractivity contribution in [1.82, 2.24) is 9.78 Å². The van der Waals surface area contributed by atoms with Crippen LogP contribution < -0.4 is 10.1 Å². The van der Waals surface area contributed by atoms with E-state index in [1.165, 1.54) is 22.4 Å². The molecule has 1 aliphatic rings. The molecule has 4 nitrogen and oxygen atoms in total. The van der Waals surface area contributed by atoms with Crippen LogP contribution in [-0.4, -0.2) is 16.4 Å². The van der Waals surface area contributed by atoms with Gasteiger partial charge in [0.2, 0.25) is 0 Å². The Hall–Kier alpha value is -2.75. The summed E-state index contributed by atoms with van der Waals surface area (Å²) in [6, 6.07) is 14.8. The van der Waals surface area contributed by atoms with Crippen molar-refractivity contribution in [3.8, 4) is 17.0 Å². The second kappa shape index (κ2) is 5.96. The molecule has 4 heteroatoms. The second-order valence-electron chi connectivity index (χ2n) is 6.64. The number of hydrogen-bond acceptors (Lipinski definition) is 3. The van der Waals surface area contributed by atoms with Crippen LogP contribution in [0.2, 0.25) is 0 Å². The van der Waals surface area contributed by atoms with Crippen LogP contribution in [0, 0.1) is 20.8 Å². The van der Waals surface area contributed by atoms with E-state index in [2.05, 4.69) is 48.1 Å². The number of nitrogens with one attached hydrogen (secondary N) is 1. The minimum absolute atomic E-state index is 0.0830. The number of fused-ring (bicyclic) bond motifs is 3. The predicted octanol–water partition coefficient (Wildman–Crippen LogP) is 4.85. The summed E-state index contributed by atoms with van der Waals surface area (Å²) in [5.74, 6) is 0.898. The summed E-state index contributed by atoms with van der Waals surface area (Å²) >= 11 is 0. The summed E-state index contributed by atoms with van der Waals surface area (Å²) in [7, 11) is 0. The van der Waals surface area contributed by atoms with Gasteiger partial charge in [0.05, 0.1) is 18.0 Å². The average Bonchev–Trinajstić information content (AvgIpc) is 2.97. The summed E-state index contributed by atoms with van der Waals surface area (Å²) < 4.78 is 7.95. The molecule has 1 aromatic heterocycles. The number of rotatable bonds is 3. The minimum Gasteiger partial charge on any atom is -0.493 e. The Morgan fingerprint density at radius 3 is 2.72 bits per heavy atom. The average molecular weight is 333 g/mol. The van der Waals surface area contributed by atoms with Gasteiger partial charge in [0, 0.05) is 16.8 Å². The van der Waals surface area contributed by atoms with Crippen molar-refractivity contribution in [2.75, 3.05) is 11.9 Å². The van der Waals surface area contributed by atoms with Crippen molar-refractivity contribution in [1.29, 1.82) is 0 Å². The molecule has 0 unspecified atom stereocenters. The Kier molecular flexibility index (Phi) is 3.75. The second-order valence-corrected chi connectivity index (χ2v) is 6.64. The first-order valence-corrected chi connectivity index (χ1v) is 8.74. The fourth-order valence-electron chi connectivity index (χ4n) is 3.68. The van der Waals surface area contributed by atoms with Crippen molar-refractivity contribution < 1.29 is 4.74 Å². The van der Waals surface area contributed by atoms with Crippen molar-refractivity contribution in [2.45, 2.75) is 33.9 Å². The Morgan fingerprint density at radius 2 is 1.92 bits per heavy atom. The van der Waals surface area contributed by atoms with Crippen molar-refractivity contribution in [2.24, 2.45) is 0 Å². The van der Waals surface area contributed by atoms with E-state index in [4.69, 9.17) is 9.84 Å². The van der Waals surface area contributed by atoms with E-state index in [1.54, 1.807) is 0 Å². The van der Waals surface area contributed by atoms with Gasteiger partial charge >= 0.3 is 0 Å². The smallest absolute Gasteiger partial charge is 0.150 e. The highest BCUT2D eigenvalue weighted by Crippen LogP contribution is 2.42. The van der Waals surface area contributed by atoms with Gasteiger partial charge in [0.15, 0.2) is 6.17 Å². The molecule has 0 bridgehead atoms. The number of anilines is 1. The molecule has 3 aromatic rings. The molecule has 2 heterocycles. The van der Waals surface area contributed by atoms with E-state index in [0.29, 0.717) is 6.61 Å². The van der Waals surface area contributed by atoms with Gasteiger partial charge in [-0.3, -0.25) is 0 Å². The van der Waals surface area contributed by atoms with Crippen molar-refractivity contribution in [3.05, 3.63) is 64.8 Å². The molecule has 0 saturated carbocycles. The Morgan fingerprint density at radius 1 is 1.12 bits per heavy atom. The normalized spacial score (nSPS) is 15.3. The third-order valence-corrected chi connectivity index (χ3v) is 4.65. The van der Waals surface area contributed by atoms with Gasteiger partial charge in [0.1, 0.15) is 5.75 Å². The summed E-state index contributed by atoms with van der Waals surface area (Å²) in [5, 5.41) is 8.46. The SMILES string of the molecule is CCOc1ccccc1[C@H]1Nc2c(C)cc(C)cc2-c2cc(C)nn21. The minimum atomic E-state index is -0.0830. The molecule has 0 aliphatic carbocycles. The lowest BCUT2D eigenvalue weighted by atomic mass is 9.98. The third-order valence-electron chi connectivity index (χ3n) is 4.65. The number of hydrogen-bond donors (Lipinski definition) is 1. The van der Waals surface area contributed by atoms with Crippen LogP contribution in [-0.2, 0) is 0 Å². The van der Waals surface area contributed by atoms with Crippen molar-refractivity contribution >= 4 is 5.69 Å². The van der Waals surface area contributed by atoms with Gasteiger partial charge in [0.25, 0.3) is 0 Å². The molecule has 128 valence electrons. The van der Waals surface area contributed by atoms with Crippen LogP contribution in [0.1, 0.15) is 35.5 Å². The molecular weight excluding hydrogens is 310 g/mol. The van der Waals surface area contributed by atoms with E-state index < -0.39 is 0 Å². The highest BCUT2D eigenvalue weighted by molar-refractivity contribution is 5.82. The molecule has 0 amide bonds. The number of aryl methyl sites for hydroxylation is 3. The lowest BCUT2D eigenvalue weighted by Crippen LogP contribution is -2.26. The fourth-order valence-corrected chi connectivity index (χ4v) is 3.68. The Labute approximate surface area is 148 Å². The lowest BCUT2D eigenvalue weighted by molar-refractivity contribution is 0.332. The van der Waals surface area contributed by atoms with Gasteiger partial charge < -0.3 is 10.1 Å². The van der Waals surface area contributed by atoms with Crippen molar-refractivity contribution in [3.63, 3.8) is 0 Å². The van der Waals surface area contributed by atoms with Crippen LogP contribution in [0.15, 0.2) is 42.5 Å². The Balaban J connectivity index is 1.92. The number of para-hydroxylation sites is 1. The topological polar surface area (TPSA) is 39.1 Å². The molecule has 2 aromatic carbocycles. The molecule has 4 rings (SSSR count). The van der Waals surface area contributed by atoms with Gasteiger partial charge in [-0.1, -0.05) is 29.8 Å². The highest BCUT2D eigenvalue weighted by atomic mass is 16.5. The van der Waals surface area contributed by atoms with Gasteiger partial charge in [-0.25, -0.2) is 4.68 Å². The molecule has 1 aliphatic heterocycles. The number of nitrogens with zero attached hydrogens (tertiary/aromatic N) is 2. The highest BCUT2D eigenvalue weighted by Gasteiger charge is 2.29. The monoisotopic (exact) mass is 333 g/mol. The first-order chi connectivity index (χ1) is 12.1. The number of aromatic nitrogens is 2. The Bertz CT molecular complexity index is 942. The fraction of sp³-hybridized carbons (Fsp3) is 0.286. The van der Waals surface area contributed by atoms with E-state index in [1.807, 2.05) is 32.0 Å². The summed E-state index contributed by atoms with van der Waals surface area (Å²) in [6.07, 6.45) is -0.0830. The first-order valence-electron chi connectivity index (χ1n) is 8.74. The van der Waals surface area contributed by atoms with E-state index in [0.717, 1.165) is 22.7 Å². The number of benzene rings is 2. The van der Waals surface area contributed by atoms with Crippen LogP contribution in [0.5, 0.6) is 5.75 Å². The predicted molar refractivity (Wildman–Crippen MR) is 101 cm³/mol. The molecule has 1 atom stereocenters. The summed E-state index contributed by atoms with van der Waals surface area (Å²) in [6.45, 7) is 8.99. The van der Waals surface area contributed by atoms with Gasteiger partial charge in [-0.05, 0) is 51.5 Å². The zero-order chi connectivity index (χ0) is 17.6. The van der Waals surface area contributed by atoms with Crippen LogP contribution in [0.3, 0.4) is 0 Å². The first kappa shape index (κ1) is 15.8. The molecule has 25 heavy (non-hydrogen) atoms. The maximum absolute atomic E-state index is 5.87. The van der Waals surface area contributed by atoms with Crippen LogP contribution in [0.4, 0.5) is 5.69 Å². The third kappa shape index (κ3) is 2.58. The molecular formula is C21H23N3O. The van der Waals surface area contributed by atoms with Crippen LogP contribution >= 0.6 is 0 Å². The molecule has 0 spiro atoms. The van der Waals surface area contributed by atoms with E-state index >= 15 is 0 Å². The maximum Gasteiger partial charge on any atom is 0.150 e. The number of ether oxygens (including phenoxy) is 1. The summed E-state index contributed by atoms with van der Waals surface area (Å²) in [5.41, 5.74) is 8.16. The largest absolute Gasteiger partial charge is 0.493 e.